The second-order valence-corrected chi connectivity index (χ2v) is 4.21. The Morgan fingerprint density at radius 1 is 1.14 bits per heavy atom. The van der Waals surface area contributed by atoms with Crippen molar-refractivity contribution in [3.8, 4) is 17.6 Å². The first kappa shape index (κ1) is 14.4. The summed E-state index contributed by atoms with van der Waals surface area (Å²) in [5.74, 6) is 0.825. The minimum Gasteiger partial charge on any atom is -0.497 e. The van der Waals surface area contributed by atoms with Crippen LogP contribution in [-0.4, -0.2) is 20.1 Å². The predicted molar refractivity (Wildman–Crippen MR) is 78.7 cm³/mol. The number of nitriles is 1. The lowest BCUT2D eigenvalue weighted by atomic mass is 10.1. The van der Waals surface area contributed by atoms with Crippen molar-refractivity contribution >= 4 is 11.6 Å². The van der Waals surface area contributed by atoms with Gasteiger partial charge < -0.3 is 14.8 Å². The molecule has 0 fully saturated rings. The van der Waals surface area contributed by atoms with Gasteiger partial charge in [-0.05, 0) is 30.3 Å². The molecule has 1 amide bonds. The van der Waals surface area contributed by atoms with E-state index in [0.29, 0.717) is 28.3 Å². The quantitative estimate of drug-likeness (QED) is 0.936. The second kappa shape index (κ2) is 6.44. The smallest absolute Gasteiger partial charge is 0.255 e. The van der Waals surface area contributed by atoms with Crippen LogP contribution in [0.15, 0.2) is 42.5 Å². The van der Waals surface area contributed by atoms with Gasteiger partial charge in [-0.25, -0.2) is 0 Å². The molecule has 0 aliphatic heterocycles. The van der Waals surface area contributed by atoms with E-state index in [0.717, 1.165) is 0 Å². The second-order valence-electron chi connectivity index (χ2n) is 4.21. The summed E-state index contributed by atoms with van der Waals surface area (Å²) in [7, 11) is 3.07. The normalized spacial score (nSPS) is 9.57. The SMILES string of the molecule is COc1ccc(NC(=O)c2cccc(C#N)c2)c(OC)c1. The average molecular weight is 282 g/mol. The molecule has 21 heavy (non-hydrogen) atoms. The highest BCUT2D eigenvalue weighted by atomic mass is 16.5. The van der Waals surface area contributed by atoms with E-state index in [4.69, 9.17) is 14.7 Å². The fourth-order valence-corrected chi connectivity index (χ4v) is 1.83. The van der Waals surface area contributed by atoms with Crippen molar-refractivity contribution in [1.82, 2.24) is 0 Å². The largest absolute Gasteiger partial charge is 0.497 e. The molecule has 0 radical (unpaired) electrons. The van der Waals surface area contributed by atoms with E-state index < -0.39 is 0 Å². The monoisotopic (exact) mass is 282 g/mol. The summed E-state index contributed by atoms with van der Waals surface area (Å²) in [5.41, 5.74) is 1.38. The molecule has 0 aromatic heterocycles. The van der Waals surface area contributed by atoms with E-state index in [1.165, 1.54) is 13.2 Å². The van der Waals surface area contributed by atoms with Crippen LogP contribution >= 0.6 is 0 Å². The minimum atomic E-state index is -0.310. The lowest BCUT2D eigenvalue weighted by Crippen LogP contribution is -2.12. The molecule has 5 nitrogen and oxygen atoms in total. The van der Waals surface area contributed by atoms with Gasteiger partial charge in [0.05, 0.1) is 31.5 Å². The Morgan fingerprint density at radius 2 is 1.95 bits per heavy atom. The highest BCUT2D eigenvalue weighted by Gasteiger charge is 2.11. The first-order valence-electron chi connectivity index (χ1n) is 6.21. The molecule has 0 spiro atoms. The molecule has 0 atom stereocenters. The summed E-state index contributed by atoms with van der Waals surface area (Å²) >= 11 is 0. The predicted octanol–water partition coefficient (Wildman–Crippen LogP) is 2.83. The van der Waals surface area contributed by atoms with Gasteiger partial charge in [0, 0.05) is 11.6 Å². The van der Waals surface area contributed by atoms with Crippen LogP contribution < -0.4 is 14.8 Å². The number of amides is 1. The van der Waals surface area contributed by atoms with E-state index in [9.17, 15) is 4.79 Å². The minimum absolute atomic E-state index is 0.310. The van der Waals surface area contributed by atoms with Gasteiger partial charge in [0.2, 0.25) is 0 Å². The first-order valence-corrected chi connectivity index (χ1v) is 6.21. The van der Waals surface area contributed by atoms with Crippen molar-refractivity contribution in [2.45, 2.75) is 0 Å². The van der Waals surface area contributed by atoms with Crippen molar-refractivity contribution in [1.29, 1.82) is 5.26 Å². The fraction of sp³-hybridized carbons (Fsp3) is 0.125. The summed E-state index contributed by atoms with van der Waals surface area (Å²) in [6, 6.07) is 13.6. The maximum absolute atomic E-state index is 12.2. The number of rotatable bonds is 4. The summed E-state index contributed by atoms with van der Waals surface area (Å²) in [4.78, 5) is 12.2. The van der Waals surface area contributed by atoms with Crippen LogP contribution in [0, 0.1) is 11.3 Å². The number of carbonyl (C=O) groups excluding carboxylic acids is 1. The molecule has 0 aliphatic rings. The van der Waals surface area contributed by atoms with Gasteiger partial charge in [0.25, 0.3) is 5.91 Å². The molecule has 0 aliphatic carbocycles. The number of carbonyl (C=O) groups is 1. The molecule has 106 valence electrons. The average Bonchev–Trinajstić information content (AvgIpc) is 2.55. The number of ether oxygens (including phenoxy) is 2. The third kappa shape index (κ3) is 3.31. The van der Waals surface area contributed by atoms with Gasteiger partial charge in [-0.2, -0.15) is 5.26 Å². The molecule has 0 unspecified atom stereocenters. The van der Waals surface area contributed by atoms with Crippen molar-refractivity contribution in [3.05, 3.63) is 53.6 Å². The topological polar surface area (TPSA) is 71.3 Å². The van der Waals surface area contributed by atoms with E-state index in [-0.39, 0.29) is 5.91 Å². The Labute approximate surface area is 122 Å². The number of benzene rings is 2. The third-order valence-electron chi connectivity index (χ3n) is 2.91. The molecule has 5 heteroatoms. The number of hydrogen-bond acceptors (Lipinski definition) is 4. The van der Waals surface area contributed by atoms with Crippen LogP contribution in [0.4, 0.5) is 5.69 Å². The van der Waals surface area contributed by atoms with E-state index in [2.05, 4.69) is 5.32 Å². The van der Waals surface area contributed by atoms with Gasteiger partial charge in [-0.1, -0.05) is 6.07 Å². The Bertz CT molecular complexity index is 705. The molecule has 2 aromatic carbocycles. The summed E-state index contributed by atoms with van der Waals surface area (Å²) in [5, 5.41) is 11.6. The van der Waals surface area contributed by atoms with Gasteiger partial charge >= 0.3 is 0 Å². The first-order chi connectivity index (χ1) is 10.2. The van der Waals surface area contributed by atoms with Gasteiger partial charge in [-0.3, -0.25) is 4.79 Å². The van der Waals surface area contributed by atoms with Crippen molar-refractivity contribution in [3.63, 3.8) is 0 Å². The fourth-order valence-electron chi connectivity index (χ4n) is 1.83. The Hall–Kier alpha value is -3.00. The maximum atomic E-state index is 12.2. The molecule has 2 aromatic rings. The Morgan fingerprint density at radius 3 is 2.62 bits per heavy atom. The Kier molecular flexibility index (Phi) is 4.42. The standard InChI is InChI=1S/C16H14N2O3/c1-20-13-6-7-14(15(9-13)21-2)18-16(19)12-5-3-4-11(8-12)10-17/h3-9H,1-2H3,(H,18,19). The summed E-state index contributed by atoms with van der Waals surface area (Å²) in [6.45, 7) is 0. The van der Waals surface area contributed by atoms with Crippen molar-refractivity contribution < 1.29 is 14.3 Å². The molecule has 0 saturated carbocycles. The Balaban J connectivity index is 2.25. The molecule has 1 N–H and O–H groups in total. The lowest BCUT2D eigenvalue weighted by Gasteiger charge is -2.11. The van der Waals surface area contributed by atoms with Crippen LogP contribution in [-0.2, 0) is 0 Å². The number of nitrogens with one attached hydrogen (secondary N) is 1. The molecule has 0 saturated heterocycles. The van der Waals surface area contributed by atoms with Crippen LogP contribution in [0.3, 0.4) is 0 Å². The zero-order valence-electron chi connectivity index (χ0n) is 11.7. The van der Waals surface area contributed by atoms with E-state index in [1.807, 2.05) is 6.07 Å². The van der Waals surface area contributed by atoms with E-state index in [1.54, 1.807) is 43.5 Å². The molecule has 0 bridgehead atoms. The van der Waals surface area contributed by atoms with Gasteiger partial charge in [-0.15, -0.1) is 0 Å². The van der Waals surface area contributed by atoms with Crippen LogP contribution in [0.5, 0.6) is 11.5 Å². The zero-order chi connectivity index (χ0) is 15.2. The molecular weight excluding hydrogens is 268 g/mol. The maximum Gasteiger partial charge on any atom is 0.255 e. The number of anilines is 1. The van der Waals surface area contributed by atoms with Gasteiger partial charge in [0.1, 0.15) is 11.5 Å². The zero-order valence-corrected chi connectivity index (χ0v) is 11.7. The highest BCUT2D eigenvalue weighted by Crippen LogP contribution is 2.29. The highest BCUT2D eigenvalue weighted by molar-refractivity contribution is 6.05. The molecule has 2 rings (SSSR count). The summed E-state index contributed by atoms with van der Waals surface area (Å²) < 4.78 is 10.3. The number of nitrogens with zero attached hydrogens (tertiary/aromatic N) is 1. The molecule has 0 heterocycles. The lowest BCUT2D eigenvalue weighted by molar-refractivity contribution is 0.102. The van der Waals surface area contributed by atoms with Crippen molar-refractivity contribution in [2.24, 2.45) is 0 Å². The third-order valence-corrected chi connectivity index (χ3v) is 2.91. The van der Waals surface area contributed by atoms with E-state index >= 15 is 0 Å². The van der Waals surface area contributed by atoms with Gasteiger partial charge in [0.15, 0.2) is 0 Å². The van der Waals surface area contributed by atoms with Crippen molar-refractivity contribution in [2.75, 3.05) is 19.5 Å². The number of hydrogen-bond donors (Lipinski definition) is 1. The van der Waals surface area contributed by atoms with Crippen LogP contribution in [0.25, 0.3) is 0 Å². The molecular formula is C16H14N2O3. The summed E-state index contributed by atoms with van der Waals surface area (Å²) in [6.07, 6.45) is 0. The number of methoxy groups -OCH3 is 2. The van der Waals surface area contributed by atoms with Crippen LogP contribution in [0.2, 0.25) is 0 Å². The van der Waals surface area contributed by atoms with Crippen LogP contribution in [0.1, 0.15) is 15.9 Å².